The SMILES string of the molecule is CCOc1cc2c(cc1OCC)[C@H](c1ccccc1)N(c1ccc(Cl)cc1)C(=O)C2. The Kier molecular flexibility index (Phi) is 5.96. The topological polar surface area (TPSA) is 38.8 Å². The van der Waals surface area contributed by atoms with Crippen molar-refractivity contribution in [2.75, 3.05) is 18.1 Å². The van der Waals surface area contributed by atoms with Gasteiger partial charge in [0.05, 0.1) is 25.7 Å². The summed E-state index contributed by atoms with van der Waals surface area (Å²) in [6, 6.07) is 21.2. The predicted octanol–water partition coefficient (Wildman–Crippen LogP) is 5.82. The standard InChI is InChI=1S/C25H24ClNO3/c1-3-29-22-14-18-15-24(28)27(20-12-10-19(26)11-13-20)25(17-8-6-5-7-9-17)21(18)16-23(22)30-4-2/h5-14,16,25H,3-4,15H2,1-2H3/t25-/m0/s1. The summed E-state index contributed by atoms with van der Waals surface area (Å²) >= 11 is 6.09. The maximum Gasteiger partial charge on any atom is 0.232 e. The zero-order valence-electron chi connectivity index (χ0n) is 17.1. The third-order valence-electron chi connectivity index (χ3n) is 5.19. The molecule has 0 spiro atoms. The monoisotopic (exact) mass is 421 g/mol. The van der Waals surface area contributed by atoms with E-state index in [-0.39, 0.29) is 11.9 Å². The van der Waals surface area contributed by atoms with E-state index in [0.29, 0.717) is 36.2 Å². The first-order chi connectivity index (χ1) is 14.6. The molecule has 154 valence electrons. The molecule has 4 rings (SSSR count). The van der Waals surface area contributed by atoms with Gasteiger partial charge < -0.3 is 14.4 Å². The number of rotatable bonds is 6. The highest BCUT2D eigenvalue weighted by Gasteiger charge is 2.35. The van der Waals surface area contributed by atoms with Crippen LogP contribution < -0.4 is 14.4 Å². The Morgan fingerprint density at radius 3 is 2.20 bits per heavy atom. The number of nitrogens with zero attached hydrogens (tertiary/aromatic N) is 1. The van der Waals surface area contributed by atoms with E-state index in [1.165, 1.54) is 0 Å². The van der Waals surface area contributed by atoms with Crippen molar-refractivity contribution < 1.29 is 14.3 Å². The van der Waals surface area contributed by atoms with Gasteiger partial charge in [0.1, 0.15) is 0 Å². The third-order valence-corrected chi connectivity index (χ3v) is 5.44. The highest BCUT2D eigenvalue weighted by Crippen LogP contribution is 2.43. The first kappa shape index (κ1) is 20.3. The number of benzene rings is 3. The second kappa shape index (κ2) is 8.80. The van der Waals surface area contributed by atoms with Crippen molar-refractivity contribution in [2.45, 2.75) is 26.3 Å². The van der Waals surface area contributed by atoms with E-state index >= 15 is 0 Å². The minimum atomic E-state index is -0.265. The van der Waals surface area contributed by atoms with Crippen LogP contribution in [-0.2, 0) is 11.2 Å². The van der Waals surface area contributed by atoms with Gasteiger partial charge in [-0.15, -0.1) is 0 Å². The molecular weight excluding hydrogens is 398 g/mol. The number of amides is 1. The normalized spacial score (nSPS) is 15.6. The highest BCUT2D eigenvalue weighted by molar-refractivity contribution is 6.30. The molecule has 3 aromatic rings. The van der Waals surface area contributed by atoms with Crippen molar-refractivity contribution in [1.82, 2.24) is 0 Å². The summed E-state index contributed by atoms with van der Waals surface area (Å²) in [4.78, 5) is 15.2. The first-order valence-corrected chi connectivity index (χ1v) is 10.5. The number of carbonyl (C=O) groups excluding carboxylic acids is 1. The molecule has 1 aliphatic heterocycles. The number of hydrogen-bond donors (Lipinski definition) is 0. The molecule has 1 aliphatic rings. The summed E-state index contributed by atoms with van der Waals surface area (Å²) in [7, 11) is 0. The average Bonchev–Trinajstić information content (AvgIpc) is 2.75. The lowest BCUT2D eigenvalue weighted by Crippen LogP contribution is -2.41. The summed E-state index contributed by atoms with van der Waals surface area (Å²) in [5, 5.41) is 0.639. The Morgan fingerprint density at radius 2 is 1.57 bits per heavy atom. The quantitative estimate of drug-likeness (QED) is 0.503. The fourth-order valence-electron chi connectivity index (χ4n) is 3.95. The number of ether oxygens (including phenoxy) is 2. The highest BCUT2D eigenvalue weighted by atomic mass is 35.5. The Bertz CT molecular complexity index is 1030. The maximum absolute atomic E-state index is 13.3. The molecule has 0 bridgehead atoms. The molecule has 0 aromatic heterocycles. The van der Waals surface area contributed by atoms with Gasteiger partial charge in [0.25, 0.3) is 0 Å². The summed E-state index contributed by atoms with van der Waals surface area (Å²) in [5.41, 5.74) is 3.86. The first-order valence-electron chi connectivity index (χ1n) is 10.2. The number of halogens is 1. The van der Waals surface area contributed by atoms with Crippen LogP contribution in [0.4, 0.5) is 5.69 Å². The summed E-state index contributed by atoms with van der Waals surface area (Å²) < 4.78 is 11.7. The number of anilines is 1. The Balaban J connectivity index is 1.91. The second-order valence-electron chi connectivity index (χ2n) is 7.09. The van der Waals surface area contributed by atoms with Crippen molar-refractivity contribution in [3.63, 3.8) is 0 Å². The molecule has 4 nitrogen and oxygen atoms in total. The number of hydrogen-bond acceptors (Lipinski definition) is 3. The van der Waals surface area contributed by atoms with Crippen molar-refractivity contribution in [2.24, 2.45) is 0 Å². The van der Waals surface area contributed by atoms with Crippen LogP contribution in [0.1, 0.15) is 36.6 Å². The molecule has 1 amide bonds. The average molecular weight is 422 g/mol. The van der Waals surface area contributed by atoms with E-state index in [2.05, 4.69) is 0 Å². The maximum atomic E-state index is 13.3. The molecule has 0 N–H and O–H groups in total. The summed E-state index contributed by atoms with van der Waals surface area (Å²) in [6.07, 6.45) is 0.299. The molecule has 30 heavy (non-hydrogen) atoms. The van der Waals surface area contributed by atoms with E-state index < -0.39 is 0 Å². The molecule has 3 aromatic carbocycles. The predicted molar refractivity (Wildman–Crippen MR) is 120 cm³/mol. The fraction of sp³-hybridized carbons (Fsp3) is 0.240. The molecule has 0 fully saturated rings. The van der Waals surface area contributed by atoms with Gasteiger partial charge in [-0.3, -0.25) is 4.79 Å². The minimum absolute atomic E-state index is 0.0327. The van der Waals surface area contributed by atoms with Crippen molar-refractivity contribution in [3.8, 4) is 11.5 Å². The van der Waals surface area contributed by atoms with Gasteiger partial charge in [-0.05, 0) is 66.9 Å². The van der Waals surface area contributed by atoms with E-state index in [0.717, 1.165) is 22.4 Å². The lowest BCUT2D eigenvalue weighted by Gasteiger charge is -2.38. The van der Waals surface area contributed by atoms with Crippen LogP contribution in [0.5, 0.6) is 11.5 Å². The van der Waals surface area contributed by atoms with E-state index in [1.807, 2.05) is 85.5 Å². The van der Waals surface area contributed by atoms with E-state index in [1.54, 1.807) is 0 Å². The third kappa shape index (κ3) is 3.88. The van der Waals surface area contributed by atoms with Gasteiger partial charge in [0, 0.05) is 10.7 Å². The molecule has 1 heterocycles. The summed E-state index contributed by atoms with van der Waals surface area (Å²) in [5.74, 6) is 1.41. The van der Waals surface area contributed by atoms with Gasteiger partial charge in [0.2, 0.25) is 5.91 Å². The molecular formula is C25H24ClNO3. The van der Waals surface area contributed by atoms with E-state index in [4.69, 9.17) is 21.1 Å². The van der Waals surface area contributed by atoms with Crippen LogP contribution in [0.2, 0.25) is 5.02 Å². The van der Waals surface area contributed by atoms with Crippen molar-refractivity contribution >= 4 is 23.2 Å². The zero-order valence-corrected chi connectivity index (χ0v) is 17.9. The lowest BCUT2D eigenvalue weighted by molar-refractivity contribution is -0.118. The second-order valence-corrected chi connectivity index (χ2v) is 7.53. The molecule has 0 aliphatic carbocycles. The van der Waals surface area contributed by atoms with Crippen molar-refractivity contribution in [3.05, 3.63) is 88.4 Å². The Hall–Kier alpha value is -2.98. The largest absolute Gasteiger partial charge is 0.490 e. The van der Waals surface area contributed by atoms with Gasteiger partial charge in [-0.1, -0.05) is 41.9 Å². The smallest absolute Gasteiger partial charge is 0.232 e. The fourth-order valence-corrected chi connectivity index (χ4v) is 4.08. The van der Waals surface area contributed by atoms with Crippen LogP contribution in [0.15, 0.2) is 66.7 Å². The van der Waals surface area contributed by atoms with Crippen molar-refractivity contribution in [1.29, 1.82) is 0 Å². The number of carbonyl (C=O) groups is 1. The molecule has 0 saturated heterocycles. The lowest BCUT2D eigenvalue weighted by atomic mass is 9.87. The van der Waals surface area contributed by atoms with Crippen LogP contribution in [0.3, 0.4) is 0 Å². The molecule has 1 atom stereocenters. The molecule has 5 heteroatoms. The summed E-state index contributed by atoms with van der Waals surface area (Å²) in [6.45, 7) is 4.96. The Morgan fingerprint density at radius 1 is 0.933 bits per heavy atom. The van der Waals surface area contributed by atoms with Gasteiger partial charge >= 0.3 is 0 Å². The van der Waals surface area contributed by atoms with Crippen LogP contribution >= 0.6 is 11.6 Å². The van der Waals surface area contributed by atoms with Gasteiger partial charge in [-0.2, -0.15) is 0 Å². The Labute approximate surface area is 182 Å². The number of fused-ring (bicyclic) bond motifs is 1. The minimum Gasteiger partial charge on any atom is -0.490 e. The van der Waals surface area contributed by atoms with Crippen LogP contribution in [0, 0.1) is 0 Å². The van der Waals surface area contributed by atoms with Gasteiger partial charge in [-0.25, -0.2) is 0 Å². The van der Waals surface area contributed by atoms with Gasteiger partial charge in [0.15, 0.2) is 11.5 Å². The van der Waals surface area contributed by atoms with Crippen LogP contribution in [0.25, 0.3) is 0 Å². The van der Waals surface area contributed by atoms with E-state index in [9.17, 15) is 4.79 Å². The molecule has 0 radical (unpaired) electrons. The molecule has 0 unspecified atom stereocenters. The zero-order chi connectivity index (χ0) is 21.1. The van der Waals surface area contributed by atoms with Crippen LogP contribution in [-0.4, -0.2) is 19.1 Å². The molecule has 0 saturated carbocycles.